The lowest BCUT2D eigenvalue weighted by atomic mass is 10.1. The van der Waals surface area contributed by atoms with E-state index in [1.54, 1.807) is 0 Å². The Morgan fingerprint density at radius 3 is 1.43 bits per heavy atom. The first-order valence-electron chi connectivity index (χ1n) is 8.41. The van der Waals surface area contributed by atoms with Crippen molar-refractivity contribution < 1.29 is 17.2 Å². The molecule has 0 aromatic carbocycles. The Balaban J connectivity index is 3.34. The lowest BCUT2D eigenvalue weighted by Gasteiger charge is -2.06. The molecule has 0 aliphatic heterocycles. The molecule has 0 aliphatic rings. The minimum atomic E-state index is -0.976. The van der Waals surface area contributed by atoms with Crippen LogP contribution in [-0.2, 0) is 17.2 Å². The molecule has 21 heavy (non-hydrogen) atoms. The summed E-state index contributed by atoms with van der Waals surface area (Å²) < 4.78 is 9.93. The normalized spacial score (nSPS) is 10.2. The standard InChI is InChI=1S/2C8H16O2.Al/c2*1-2-3-4-5-6-7-8(9)10;/h2*2-7H2,1H3,(H,9,10);/q;;+2/p-2. The average Bonchev–Trinajstić information content (AvgIpc) is 2.47. The van der Waals surface area contributed by atoms with Gasteiger partial charge in [0.1, 0.15) is 0 Å². The topological polar surface area (TPSA) is 52.6 Å². The van der Waals surface area contributed by atoms with E-state index >= 15 is 0 Å². The van der Waals surface area contributed by atoms with Gasteiger partial charge in [-0.15, -0.1) is 0 Å². The fraction of sp³-hybridized carbons (Fsp3) is 0.875. The second kappa shape index (κ2) is 15.9. The van der Waals surface area contributed by atoms with Crippen LogP contribution < -0.4 is 0 Å². The third-order valence-corrected chi connectivity index (χ3v) is 4.05. The zero-order valence-corrected chi connectivity index (χ0v) is 14.9. The van der Waals surface area contributed by atoms with Crippen molar-refractivity contribution in [2.75, 3.05) is 0 Å². The van der Waals surface area contributed by atoms with E-state index in [4.69, 9.17) is 7.58 Å². The highest BCUT2D eigenvalue weighted by Gasteiger charge is 2.13. The summed E-state index contributed by atoms with van der Waals surface area (Å²) in [6, 6.07) is 0. The van der Waals surface area contributed by atoms with Gasteiger partial charge in [0.25, 0.3) is 11.9 Å². The van der Waals surface area contributed by atoms with Crippen molar-refractivity contribution in [1.82, 2.24) is 0 Å². The smallest absolute Gasteiger partial charge is 0.589 e. The van der Waals surface area contributed by atoms with Crippen molar-refractivity contribution in [3.63, 3.8) is 0 Å². The van der Waals surface area contributed by atoms with Crippen LogP contribution in [0, 0.1) is 0 Å². The average molecular weight is 313 g/mol. The molecule has 4 nitrogen and oxygen atoms in total. The van der Waals surface area contributed by atoms with Crippen LogP contribution in [0.2, 0.25) is 0 Å². The van der Waals surface area contributed by atoms with Crippen LogP contribution in [0.3, 0.4) is 0 Å². The molecule has 1 radical (unpaired) electrons. The number of hydrogen-bond acceptors (Lipinski definition) is 4. The maximum absolute atomic E-state index is 11.4. The lowest BCUT2D eigenvalue weighted by Crippen LogP contribution is -2.15. The SMILES string of the molecule is CCCCCCCC(=O)[O][Al][O]C(=O)CCCCCCC. The van der Waals surface area contributed by atoms with Crippen LogP contribution in [0.1, 0.15) is 90.9 Å². The van der Waals surface area contributed by atoms with Crippen molar-refractivity contribution in [1.29, 1.82) is 0 Å². The molecule has 0 saturated heterocycles. The molecular weight excluding hydrogens is 283 g/mol. The van der Waals surface area contributed by atoms with E-state index in [0.29, 0.717) is 12.8 Å². The van der Waals surface area contributed by atoms with Gasteiger partial charge in [-0.1, -0.05) is 65.2 Å². The number of carbonyl (C=O) groups is 2. The van der Waals surface area contributed by atoms with E-state index in [9.17, 15) is 9.59 Å². The van der Waals surface area contributed by atoms with E-state index in [1.165, 1.54) is 38.5 Å². The molecule has 0 heterocycles. The van der Waals surface area contributed by atoms with Crippen molar-refractivity contribution in [3.05, 3.63) is 0 Å². The van der Waals surface area contributed by atoms with Gasteiger partial charge in [0.05, 0.1) is 0 Å². The molecule has 0 unspecified atom stereocenters. The summed E-state index contributed by atoms with van der Waals surface area (Å²) in [4.78, 5) is 22.8. The molecule has 0 aromatic rings. The number of hydrogen-bond donors (Lipinski definition) is 0. The Morgan fingerprint density at radius 2 is 1.05 bits per heavy atom. The molecule has 0 bridgehead atoms. The Kier molecular flexibility index (Phi) is 15.5. The van der Waals surface area contributed by atoms with Crippen molar-refractivity contribution in [2.45, 2.75) is 90.9 Å². The van der Waals surface area contributed by atoms with Gasteiger partial charge >= 0.3 is 15.9 Å². The molecule has 0 atom stereocenters. The van der Waals surface area contributed by atoms with Crippen LogP contribution in [0.25, 0.3) is 0 Å². The lowest BCUT2D eigenvalue weighted by molar-refractivity contribution is -0.139. The maximum atomic E-state index is 11.4. The van der Waals surface area contributed by atoms with Gasteiger partial charge in [0.2, 0.25) is 0 Å². The second-order valence-electron chi connectivity index (χ2n) is 5.40. The summed E-state index contributed by atoms with van der Waals surface area (Å²) in [6.07, 6.45) is 11.9. The molecular formula is C16H30AlO4. The fourth-order valence-electron chi connectivity index (χ4n) is 2.00. The van der Waals surface area contributed by atoms with Gasteiger partial charge in [0, 0.05) is 12.8 Å². The van der Waals surface area contributed by atoms with Crippen LogP contribution in [0.5, 0.6) is 0 Å². The summed E-state index contributed by atoms with van der Waals surface area (Å²) in [5.41, 5.74) is 0. The zero-order chi connectivity index (χ0) is 15.8. The summed E-state index contributed by atoms with van der Waals surface area (Å²) in [5, 5.41) is 0. The molecule has 0 saturated carbocycles. The highest BCUT2D eigenvalue weighted by Crippen LogP contribution is 2.07. The number of unbranched alkanes of at least 4 members (excludes halogenated alkanes) is 8. The molecule has 0 N–H and O–H groups in total. The van der Waals surface area contributed by atoms with E-state index in [2.05, 4.69) is 13.8 Å². The highest BCUT2D eigenvalue weighted by molar-refractivity contribution is 6.25. The first-order valence-corrected chi connectivity index (χ1v) is 9.35. The third-order valence-electron chi connectivity index (χ3n) is 3.33. The molecule has 0 rings (SSSR count). The molecule has 0 spiro atoms. The zero-order valence-electron chi connectivity index (χ0n) is 13.7. The van der Waals surface area contributed by atoms with Crippen LogP contribution in [0.15, 0.2) is 0 Å². The molecule has 0 aliphatic carbocycles. The van der Waals surface area contributed by atoms with Gasteiger partial charge in [-0.25, -0.2) is 0 Å². The first kappa shape index (κ1) is 20.5. The summed E-state index contributed by atoms with van der Waals surface area (Å²) >= 11 is -0.976. The Morgan fingerprint density at radius 1 is 0.667 bits per heavy atom. The molecule has 0 fully saturated rings. The second-order valence-corrected chi connectivity index (χ2v) is 6.07. The van der Waals surface area contributed by atoms with E-state index < -0.39 is 15.9 Å². The van der Waals surface area contributed by atoms with Crippen LogP contribution in [0.4, 0.5) is 0 Å². The predicted octanol–water partition coefficient (Wildman–Crippen LogP) is 4.33. The van der Waals surface area contributed by atoms with Crippen molar-refractivity contribution >= 4 is 27.8 Å². The largest absolute Gasteiger partial charge is 0.885 e. The molecule has 0 aromatic heterocycles. The van der Waals surface area contributed by atoms with Gasteiger partial charge in [-0.05, 0) is 12.8 Å². The van der Waals surface area contributed by atoms with Gasteiger partial charge in [0.15, 0.2) is 0 Å². The highest BCUT2D eigenvalue weighted by atomic mass is 27.2. The van der Waals surface area contributed by atoms with Gasteiger partial charge in [-0.3, -0.25) is 9.59 Å². The van der Waals surface area contributed by atoms with Crippen LogP contribution in [-0.4, -0.2) is 27.8 Å². The van der Waals surface area contributed by atoms with E-state index in [-0.39, 0.29) is 11.9 Å². The van der Waals surface area contributed by atoms with Crippen molar-refractivity contribution in [2.24, 2.45) is 0 Å². The summed E-state index contributed by atoms with van der Waals surface area (Å²) in [6.45, 7) is 4.32. The Bertz CT molecular complexity index is 243. The third kappa shape index (κ3) is 15.7. The monoisotopic (exact) mass is 313 g/mol. The summed E-state index contributed by atoms with van der Waals surface area (Å²) in [5.74, 6) is -0.477. The molecule has 5 heteroatoms. The van der Waals surface area contributed by atoms with Gasteiger partial charge < -0.3 is 7.58 Å². The first-order chi connectivity index (χ1) is 10.2. The predicted molar refractivity (Wildman–Crippen MR) is 84.7 cm³/mol. The minimum Gasteiger partial charge on any atom is -0.589 e. The number of carbonyl (C=O) groups excluding carboxylic acids is 2. The van der Waals surface area contributed by atoms with Crippen LogP contribution >= 0.6 is 0 Å². The quantitative estimate of drug-likeness (QED) is 0.354. The molecule has 0 amide bonds. The van der Waals surface area contributed by atoms with E-state index in [0.717, 1.165) is 25.7 Å². The minimum absolute atomic E-state index is 0.239. The maximum Gasteiger partial charge on any atom is 0.885 e. The molecule has 121 valence electrons. The van der Waals surface area contributed by atoms with Crippen molar-refractivity contribution in [3.8, 4) is 0 Å². The Hall–Kier alpha value is -0.528. The van der Waals surface area contributed by atoms with E-state index in [1.807, 2.05) is 0 Å². The van der Waals surface area contributed by atoms with Gasteiger partial charge in [-0.2, -0.15) is 0 Å². The fourth-order valence-corrected chi connectivity index (χ4v) is 2.49. The Labute approximate surface area is 136 Å². The summed E-state index contributed by atoms with van der Waals surface area (Å²) in [7, 11) is 0. The number of rotatable bonds is 14.